The third-order valence-corrected chi connectivity index (χ3v) is 6.69. The lowest BCUT2D eigenvalue weighted by Crippen LogP contribution is -2.41. The Balaban J connectivity index is 2.96. The summed E-state index contributed by atoms with van der Waals surface area (Å²) in [4.78, 5) is 11.7. The monoisotopic (exact) mass is 268 g/mol. The van der Waals surface area contributed by atoms with E-state index in [0.717, 1.165) is 0 Å². The molecule has 0 aromatic heterocycles. The molecule has 1 N–H and O–H groups in total. The largest absolute Gasteiger partial charge is 0.481 e. The summed E-state index contributed by atoms with van der Waals surface area (Å²) in [6, 6.07) is 0. The van der Waals surface area contributed by atoms with Crippen LogP contribution in [0.25, 0.3) is 0 Å². The number of aliphatic carboxylic acids is 1. The second kappa shape index (κ2) is 6.55. The van der Waals surface area contributed by atoms with Gasteiger partial charge in [-0.15, -0.1) is 0 Å². The molecule has 18 heavy (non-hydrogen) atoms. The Labute approximate surface area is 112 Å². The van der Waals surface area contributed by atoms with Crippen molar-refractivity contribution in [2.24, 2.45) is 11.8 Å². The lowest BCUT2D eigenvalue weighted by Gasteiger charge is -2.37. The zero-order valence-corrected chi connectivity index (χ0v) is 13.3. The van der Waals surface area contributed by atoms with Crippen LogP contribution in [-0.2, 0) is 4.79 Å². The van der Waals surface area contributed by atoms with Crippen molar-refractivity contribution >= 4 is 14.0 Å². The van der Waals surface area contributed by atoms with Crippen LogP contribution in [-0.4, -0.2) is 19.1 Å². The Morgan fingerprint density at radius 2 is 1.78 bits per heavy atom. The molecule has 1 unspecified atom stereocenters. The molecule has 1 aliphatic carbocycles. The summed E-state index contributed by atoms with van der Waals surface area (Å²) in [7, 11) is -1.68. The SMILES string of the molecule is C/C=C/[C@@H](C1CCCCC1)C(C(=O)O)[Si](C)(C)C. The van der Waals surface area contributed by atoms with E-state index in [1.165, 1.54) is 32.1 Å². The molecule has 0 bridgehead atoms. The van der Waals surface area contributed by atoms with E-state index in [9.17, 15) is 9.90 Å². The molecule has 3 heteroatoms. The summed E-state index contributed by atoms with van der Waals surface area (Å²) in [6.45, 7) is 8.57. The smallest absolute Gasteiger partial charge is 0.304 e. The van der Waals surface area contributed by atoms with Crippen molar-refractivity contribution in [1.29, 1.82) is 0 Å². The van der Waals surface area contributed by atoms with E-state index in [1.807, 2.05) is 6.92 Å². The molecule has 1 saturated carbocycles. The maximum Gasteiger partial charge on any atom is 0.304 e. The topological polar surface area (TPSA) is 37.3 Å². The number of carboxylic acids is 1. The molecular weight excluding hydrogens is 240 g/mol. The fourth-order valence-electron chi connectivity index (χ4n) is 3.39. The van der Waals surface area contributed by atoms with Gasteiger partial charge in [0.15, 0.2) is 0 Å². The second-order valence-electron chi connectivity index (χ2n) is 6.68. The summed E-state index contributed by atoms with van der Waals surface area (Å²) in [5.41, 5.74) is -0.142. The van der Waals surface area contributed by atoms with E-state index in [0.29, 0.717) is 5.92 Å². The number of hydrogen-bond donors (Lipinski definition) is 1. The van der Waals surface area contributed by atoms with Gasteiger partial charge >= 0.3 is 5.97 Å². The molecule has 0 aromatic carbocycles. The van der Waals surface area contributed by atoms with Crippen LogP contribution in [0.2, 0.25) is 25.2 Å². The van der Waals surface area contributed by atoms with E-state index in [1.54, 1.807) is 0 Å². The summed E-state index contributed by atoms with van der Waals surface area (Å²) < 4.78 is 0. The molecule has 0 radical (unpaired) electrons. The maximum absolute atomic E-state index is 11.7. The predicted molar refractivity (Wildman–Crippen MR) is 79.6 cm³/mol. The summed E-state index contributed by atoms with van der Waals surface area (Å²) >= 11 is 0. The van der Waals surface area contributed by atoms with Crippen LogP contribution in [0.15, 0.2) is 12.2 Å². The minimum absolute atomic E-state index is 0.142. The fourth-order valence-corrected chi connectivity index (χ4v) is 5.67. The van der Waals surface area contributed by atoms with Crippen LogP contribution in [0.1, 0.15) is 39.0 Å². The van der Waals surface area contributed by atoms with Crippen molar-refractivity contribution < 1.29 is 9.90 Å². The third-order valence-electron chi connectivity index (χ3n) is 4.19. The van der Waals surface area contributed by atoms with E-state index >= 15 is 0 Å². The van der Waals surface area contributed by atoms with Crippen molar-refractivity contribution in [2.45, 2.75) is 64.2 Å². The minimum atomic E-state index is -1.68. The van der Waals surface area contributed by atoms with Crippen LogP contribution in [0.5, 0.6) is 0 Å². The van der Waals surface area contributed by atoms with Gasteiger partial charge in [-0.05, 0) is 31.6 Å². The molecule has 0 heterocycles. The summed E-state index contributed by atoms with van der Waals surface area (Å²) in [5.74, 6) is 0.255. The third kappa shape index (κ3) is 3.97. The highest BCUT2D eigenvalue weighted by molar-refractivity contribution is 6.80. The zero-order valence-electron chi connectivity index (χ0n) is 12.3. The first-order chi connectivity index (χ1) is 8.38. The van der Waals surface area contributed by atoms with Gasteiger partial charge in [-0.1, -0.05) is 51.1 Å². The van der Waals surface area contributed by atoms with Gasteiger partial charge in [-0.2, -0.15) is 0 Å². The van der Waals surface area contributed by atoms with Crippen molar-refractivity contribution in [3.05, 3.63) is 12.2 Å². The van der Waals surface area contributed by atoms with Crippen LogP contribution < -0.4 is 0 Å². The molecule has 2 nitrogen and oxygen atoms in total. The van der Waals surface area contributed by atoms with E-state index < -0.39 is 14.0 Å². The number of rotatable bonds is 5. The normalized spacial score (nSPS) is 22.0. The first kappa shape index (κ1) is 15.5. The molecular formula is C15H28O2Si. The van der Waals surface area contributed by atoms with Crippen molar-refractivity contribution in [2.75, 3.05) is 0 Å². The maximum atomic E-state index is 11.7. The quantitative estimate of drug-likeness (QED) is 0.586. The summed E-state index contributed by atoms with van der Waals surface area (Å²) in [5, 5.41) is 9.64. The van der Waals surface area contributed by atoms with Crippen molar-refractivity contribution in [3.63, 3.8) is 0 Å². The standard InChI is InChI=1S/C15H28O2Si/c1-5-9-13(12-10-7-6-8-11-12)14(15(16)17)18(2,3)4/h5,9,12-14H,6-8,10-11H2,1-4H3,(H,16,17)/b9-5+/t13-,14?/m0/s1. The van der Waals surface area contributed by atoms with Gasteiger partial charge in [0.25, 0.3) is 0 Å². The van der Waals surface area contributed by atoms with Gasteiger partial charge in [0.05, 0.1) is 13.6 Å². The number of allylic oxidation sites excluding steroid dienone is 2. The number of carboxylic acid groups (broad SMARTS) is 1. The fraction of sp³-hybridized carbons (Fsp3) is 0.800. The Morgan fingerprint density at radius 1 is 1.22 bits per heavy atom. The number of hydrogen-bond acceptors (Lipinski definition) is 1. The molecule has 1 aliphatic rings. The van der Waals surface area contributed by atoms with E-state index in [-0.39, 0.29) is 11.5 Å². The molecule has 0 amide bonds. The van der Waals surface area contributed by atoms with Crippen LogP contribution >= 0.6 is 0 Å². The molecule has 104 valence electrons. The first-order valence-electron chi connectivity index (χ1n) is 7.23. The minimum Gasteiger partial charge on any atom is -0.481 e. The highest BCUT2D eigenvalue weighted by Gasteiger charge is 2.41. The van der Waals surface area contributed by atoms with Crippen LogP contribution in [0.3, 0.4) is 0 Å². The van der Waals surface area contributed by atoms with Gasteiger partial charge in [-0.25, -0.2) is 0 Å². The lowest BCUT2D eigenvalue weighted by atomic mass is 9.78. The number of carbonyl (C=O) groups is 1. The average Bonchev–Trinajstić information content (AvgIpc) is 2.27. The van der Waals surface area contributed by atoms with Gasteiger partial charge in [0.2, 0.25) is 0 Å². The van der Waals surface area contributed by atoms with Crippen molar-refractivity contribution in [1.82, 2.24) is 0 Å². The molecule has 0 saturated heterocycles. The first-order valence-corrected chi connectivity index (χ1v) is 10.8. The molecule has 1 fully saturated rings. The van der Waals surface area contributed by atoms with Gasteiger partial charge < -0.3 is 5.11 Å². The van der Waals surface area contributed by atoms with E-state index in [4.69, 9.17) is 0 Å². The molecule has 1 rings (SSSR count). The Hall–Kier alpha value is -0.573. The van der Waals surface area contributed by atoms with Crippen molar-refractivity contribution in [3.8, 4) is 0 Å². The molecule has 0 aliphatic heterocycles. The zero-order chi connectivity index (χ0) is 13.8. The Morgan fingerprint density at radius 3 is 2.17 bits per heavy atom. The molecule has 0 spiro atoms. The van der Waals surface area contributed by atoms with E-state index in [2.05, 4.69) is 31.8 Å². The highest BCUT2D eigenvalue weighted by atomic mass is 28.3. The average molecular weight is 268 g/mol. The predicted octanol–water partition coefficient (Wildman–Crippen LogP) is 4.55. The Bertz CT molecular complexity index is 298. The molecule has 0 aromatic rings. The van der Waals surface area contributed by atoms with Crippen LogP contribution in [0, 0.1) is 11.8 Å². The second-order valence-corrected chi connectivity index (χ2v) is 12.0. The molecule has 2 atom stereocenters. The highest BCUT2D eigenvalue weighted by Crippen LogP contribution is 2.41. The lowest BCUT2D eigenvalue weighted by molar-refractivity contribution is -0.138. The van der Waals surface area contributed by atoms with Gasteiger partial charge in [-0.3, -0.25) is 4.79 Å². The van der Waals surface area contributed by atoms with Gasteiger partial charge in [0.1, 0.15) is 0 Å². The summed E-state index contributed by atoms with van der Waals surface area (Å²) in [6.07, 6.45) is 10.5. The van der Waals surface area contributed by atoms with Crippen LogP contribution in [0.4, 0.5) is 0 Å². The Kier molecular flexibility index (Phi) is 5.64. The van der Waals surface area contributed by atoms with Gasteiger partial charge in [0, 0.05) is 0 Å².